The molecule has 290 valence electrons. The number of ether oxygens (including phenoxy) is 1. The molecular weight excluding hydrogens is 790 g/mol. The Morgan fingerprint density at radius 1 is 0.981 bits per heavy atom. The normalized spacial score (nSPS) is 14.6. The molecule has 1 saturated heterocycles. The molecule has 1 aromatic carbocycles. The summed E-state index contributed by atoms with van der Waals surface area (Å²) in [7, 11) is 2.19. The summed E-state index contributed by atoms with van der Waals surface area (Å²) < 4.78 is 71.5. The Kier molecular flexibility index (Phi) is 13.0. The Labute approximate surface area is 315 Å². The van der Waals surface area contributed by atoms with Gasteiger partial charge in [-0.05, 0) is 43.7 Å². The molecule has 13 nitrogen and oxygen atoms in total. The van der Waals surface area contributed by atoms with Gasteiger partial charge in [-0.25, -0.2) is 24.5 Å². The number of hydrogen-bond donors (Lipinski definition) is 3. The fraction of sp³-hybridized carbons (Fsp3) is 0.375. The lowest BCUT2D eigenvalue weighted by atomic mass is 9.95. The number of rotatable bonds is 8. The van der Waals surface area contributed by atoms with Gasteiger partial charge in [0, 0.05) is 60.4 Å². The number of piperazine rings is 1. The van der Waals surface area contributed by atoms with E-state index in [4.69, 9.17) is 41.2 Å². The fourth-order valence-electron chi connectivity index (χ4n) is 5.34. The lowest BCUT2D eigenvalue weighted by Crippen LogP contribution is -2.45. The number of nitrogens with zero attached hydrogens (tertiary/aromatic N) is 7. The van der Waals surface area contributed by atoms with Gasteiger partial charge in [0.05, 0.1) is 33.9 Å². The van der Waals surface area contributed by atoms with Gasteiger partial charge in [0.25, 0.3) is 0 Å². The van der Waals surface area contributed by atoms with Gasteiger partial charge in [-0.1, -0.05) is 11.6 Å². The number of likely N-dealkylation sites (N-methyl/N-ethyl adjacent to an activating group) is 1. The summed E-state index contributed by atoms with van der Waals surface area (Å²) in [6, 6.07) is 5.70. The zero-order chi connectivity index (χ0) is 39.2. The largest absolute Gasteiger partial charge is 0.490 e. The number of halogens is 7. The molecule has 4 aromatic heterocycles. The number of aryl methyl sites for hydroxylation is 2. The van der Waals surface area contributed by atoms with Crippen molar-refractivity contribution in [3.63, 3.8) is 0 Å². The molecule has 1 aliphatic heterocycles. The van der Waals surface area contributed by atoms with Gasteiger partial charge in [-0.2, -0.15) is 31.4 Å². The summed E-state index contributed by atoms with van der Waals surface area (Å²) >= 11 is 9.83. The van der Waals surface area contributed by atoms with Crippen LogP contribution in [0.1, 0.15) is 17.0 Å². The number of alkyl halides is 6. The molecule has 54 heavy (non-hydrogen) atoms. The highest BCUT2D eigenvalue weighted by molar-refractivity contribution is 7.22. The highest BCUT2D eigenvalue weighted by Crippen LogP contribution is 2.45. The molecule has 0 radical (unpaired) electrons. The van der Waals surface area contributed by atoms with Crippen LogP contribution in [0.3, 0.4) is 0 Å². The van der Waals surface area contributed by atoms with Gasteiger partial charge in [0.15, 0.2) is 0 Å². The smallest absolute Gasteiger partial charge is 0.486 e. The zero-order valence-corrected chi connectivity index (χ0v) is 30.5. The number of carboxylic acid groups (broad SMARTS) is 2. The number of thiazole rings is 1. The van der Waals surface area contributed by atoms with E-state index in [1.165, 1.54) is 21.7 Å². The second-order valence-electron chi connectivity index (χ2n) is 11.9. The van der Waals surface area contributed by atoms with Crippen molar-refractivity contribution in [1.29, 1.82) is 0 Å². The van der Waals surface area contributed by atoms with E-state index >= 15 is 0 Å². The number of hydrogen-bond acceptors (Lipinski definition) is 12. The van der Waals surface area contributed by atoms with E-state index in [0.717, 1.165) is 79.5 Å². The van der Waals surface area contributed by atoms with E-state index in [0.29, 0.717) is 17.4 Å². The van der Waals surface area contributed by atoms with Crippen LogP contribution in [0.5, 0.6) is 5.75 Å². The van der Waals surface area contributed by atoms with Crippen molar-refractivity contribution in [3.05, 3.63) is 63.6 Å². The van der Waals surface area contributed by atoms with E-state index in [-0.39, 0.29) is 0 Å². The molecule has 0 saturated carbocycles. The summed E-state index contributed by atoms with van der Waals surface area (Å²) in [5.74, 6) is -4.10. The molecule has 0 bridgehead atoms. The Morgan fingerprint density at radius 3 is 2.28 bits per heavy atom. The molecule has 0 atom stereocenters. The first kappa shape index (κ1) is 40.6. The predicted octanol–water partition coefficient (Wildman–Crippen LogP) is 6.60. The van der Waals surface area contributed by atoms with Crippen LogP contribution in [0, 0.1) is 0 Å². The van der Waals surface area contributed by atoms with Gasteiger partial charge in [-0.15, -0.1) is 22.7 Å². The van der Waals surface area contributed by atoms with Gasteiger partial charge in [0.1, 0.15) is 29.3 Å². The quantitative estimate of drug-likeness (QED) is 0.144. The minimum absolute atomic E-state index is 0.387. The predicted molar refractivity (Wildman–Crippen MR) is 189 cm³/mol. The van der Waals surface area contributed by atoms with Crippen molar-refractivity contribution < 1.29 is 50.9 Å². The first-order chi connectivity index (χ1) is 25.5. The van der Waals surface area contributed by atoms with Crippen LogP contribution in [0.4, 0.5) is 37.8 Å². The molecule has 0 unspecified atom stereocenters. The second-order valence-corrected chi connectivity index (χ2v) is 14.0. The number of anilines is 2. The first-order valence-corrected chi connectivity index (χ1v) is 18.0. The highest BCUT2D eigenvalue weighted by Gasteiger charge is 2.39. The number of carbonyl (C=O) groups is 2. The number of fused-ring (bicyclic) bond motifs is 5. The average molecular weight is 821 g/mol. The van der Waals surface area contributed by atoms with Gasteiger partial charge >= 0.3 is 24.3 Å². The van der Waals surface area contributed by atoms with Crippen LogP contribution in [-0.4, -0.2) is 109 Å². The molecule has 0 spiro atoms. The number of carboxylic acids is 2. The SMILES string of the molecule is CN1CCN(CCn2cc3c(n2)CCc2c-3sc3ncnc(Nc4ccc(OCc5cscn5)c(Cl)c4)c23)CC1.O=C(O)C(F)(F)F.O=C(O)C(F)(F)F. The monoisotopic (exact) mass is 820 g/mol. The van der Waals surface area contributed by atoms with Crippen molar-refractivity contribution in [2.45, 2.75) is 38.3 Å². The van der Waals surface area contributed by atoms with Gasteiger partial charge < -0.3 is 25.2 Å². The number of thiophene rings is 1. The molecule has 1 fully saturated rings. The summed E-state index contributed by atoms with van der Waals surface area (Å²) in [5, 5.41) is 26.3. The van der Waals surface area contributed by atoms with Crippen molar-refractivity contribution in [3.8, 4) is 16.2 Å². The lowest BCUT2D eigenvalue weighted by molar-refractivity contribution is -0.193. The second kappa shape index (κ2) is 17.3. The maximum Gasteiger partial charge on any atom is 0.490 e. The van der Waals surface area contributed by atoms with E-state index in [1.807, 2.05) is 23.6 Å². The zero-order valence-electron chi connectivity index (χ0n) is 28.1. The highest BCUT2D eigenvalue weighted by atomic mass is 35.5. The lowest BCUT2D eigenvalue weighted by Gasteiger charge is -2.32. The Bertz CT molecular complexity index is 2040. The van der Waals surface area contributed by atoms with Crippen molar-refractivity contribution in [1.82, 2.24) is 34.5 Å². The van der Waals surface area contributed by atoms with Gasteiger partial charge in [0.2, 0.25) is 0 Å². The third-order valence-electron chi connectivity index (χ3n) is 8.06. The Balaban J connectivity index is 0.000000342. The van der Waals surface area contributed by atoms with Crippen LogP contribution in [0.25, 0.3) is 20.7 Å². The van der Waals surface area contributed by atoms with Crippen LogP contribution in [0.2, 0.25) is 5.02 Å². The minimum atomic E-state index is -5.08. The molecule has 0 amide bonds. The standard InChI is InChI=1S/C28H29ClN8OS2.2C2HF3O2/c1-35-6-8-36(9-7-35)10-11-37-13-21-23(34-37)4-3-20-25-27(30-16-31-28(25)40-26(20)21)33-18-2-5-24(22(29)12-18)38-14-19-15-39-17-32-19;2*3-2(4,5)1(6)7/h2,5,12-13,15-17H,3-4,6-11,14H2,1H3,(H,30,31,33);2*(H,6,7). The molecule has 2 aliphatic rings. The summed E-state index contributed by atoms with van der Waals surface area (Å²) in [6.07, 6.45) is -4.48. The van der Waals surface area contributed by atoms with Crippen LogP contribution < -0.4 is 10.1 Å². The Hall–Kier alpha value is -4.57. The number of benzene rings is 1. The molecule has 22 heteroatoms. The molecule has 7 rings (SSSR count). The van der Waals surface area contributed by atoms with Crippen LogP contribution >= 0.6 is 34.3 Å². The van der Waals surface area contributed by atoms with E-state index in [2.05, 4.69) is 48.0 Å². The van der Waals surface area contributed by atoms with Crippen LogP contribution in [0.15, 0.2) is 41.6 Å². The molecular formula is C32H31ClF6N8O5S2. The van der Waals surface area contributed by atoms with E-state index in [9.17, 15) is 26.3 Å². The van der Waals surface area contributed by atoms with E-state index in [1.54, 1.807) is 34.5 Å². The minimum Gasteiger partial charge on any atom is -0.486 e. The van der Waals surface area contributed by atoms with Crippen molar-refractivity contribution in [2.24, 2.45) is 0 Å². The fourth-order valence-corrected chi connectivity index (χ4v) is 7.34. The summed E-state index contributed by atoms with van der Waals surface area (Å²) in [4.78, 5) is 38.5. The number of nitrogens with one attached hydrogen (secondary N) is 1. The topological polar surface area (TPSA) is 159 Å². The Morgan fingerprint density at radius 2 is 1.67 bits per heavy atom. The maximum absolute atomic E-state index is 10.6. The number of aromatic nitrogens is 5. The average Bonchev–Trinajstić information content (AvgIpc) is 3.86. The van der Waals surface area contributed by atoms with E-state index < -0.39 is 24.3 Å². The van der Waals surface area contributed by atoms with Crippen molar-refractivity contribution >= 4 is 67.9 Å². The third kappa shape index (κ3) is 10.6. The first-order valence-electron chi connectivity index (χ1n) is 15.9. The molecule has 3 N–H and O–H groups in total. The third-order valence-corrected chi connectivity index (χ3v) is 10.2. The molecule has 5 heterocycles. The maximum atomic E-state index is 10.6. The summed E-state index contributed by atoms with van der Waals surface area (Å²) in [6.45, 7) is 6.85. The molecule has 5 aromatic rings. The van der Waals surface area contributed by atoms with Crippen molar-refractivity contribution in [2.75, 3.05) is 45.1 Å². The number of aliphatic carboxylic acids is 2. The van der Waals surface area contributed by atoms with Crippen LogP contribution in [-0.2, 0) is 35.6 Å². The molecule has 1 aliphatic carbocycles. The summed E-state index contributed by atoms with van der Waals surface area (Å²) in [5.41, 5.74) is 7.24. The van der Waals surface area contributed by atoms with Gasteiger partial charge in [-0.3, -0.25) is 9.58 Å².